The molecule has 4 nitrogen and oxygen atoms in total. The van der Waals surface area contributed by atoms with Gasteiger partial charge >= 0.3 is 12.1 Å². The third kappa shape index (κ3) is 3.97. The second-order valence-electron chi connectivity index (χ2n) is 4.42. The lowest BCUT2D eigenvalue weighted by Gasteiger charge is -2.21. The van der Waals surface area contributed by atoms with Gasteiger partial charge in [0, 0.05) is 12.8 Å². The number of hydrogen-bond donors (Lipinski definition) is 2. The van der Waals surface area contributed by atoms with Crippen molar-refractivity contribution >= 4 is 11.9 Å². The van der Waals surface area contributed by atoms with Gasteiger partial charge in [0.2, 0.25) is 5.91 Å². The first-order valence-electron chi connectivity index (χ1n) is 5.80. The minimum absolute atomic E-state index is 0.402. The van der Waals surface area contributed by atoms with E-state index in [0.717, 1.165) is 12.1 Å². The van der Waals surface area contributed by atoms with Crippen LogP contribution in [0.15, 0.2) is 24.3 Å². The van der Waals surface area contributed by atoms with E-state index in [-0.39, 0.29) is 0 Å². The molecule has 0 fully saturated rings. The van der Waals surface area contributed by atoms with Crippen molar-refractivity contribution in [2.45, 2.75) is 32.0 Å². The molecule has 0 spiro atoms. The number of halogens is 3. The van der Waals surface area contributed by atoms with Gasteiger partial charge in [0.1, 0.15) is 6.04 Å². The van der Waals surface area contributed by atoms with Gasteiger partial charge < -0.3 is 10.4 Å². The number of amides is 1. The molecule has 7 heteroatoms. The maximum atomic E-state index is 12.4. The van der Waals surface area contributed by atoms with Gasteiger partial charge in [-0.05, 0) is 17.7 Å². The van der Waals surface area contributed by atoms with E-state index in [0.29, 0.717) is 5.56 Å². The summed E-state index contributed by atoms with van der Waals surface area (Å²) in [7, 11) is 0. The summed E-state index contributed by atoms with van der Waals surface area (Å²) >= 11 is 0. The molecule has 1 rings (SSSR count). The zero-order chi connectivity index (χ0) is 15.5. The van der Waals surface area contributed by atoms with Crippen molar-refractivity contribution in [3.8, 4) is 0 Å². The molecule has 1 aromatic carbocycles. The van der Waals surface area contributed by atoms with Crippen molar-refractivity contribution in [3.63, 3.8) is 0 Å². The molecule has 0 aliphatic rings. The van der Waals surface area contributed by atoms with E-state index in [9.17, 15) is 22.8 Å². The van der Waals surface area contributed by atoms with E-state index in [1.807, 2.05) is 0 Å². The van der Waals surface area contributed by atoms with Crippen LogP contribution in [0.2, 0.25) is 0 Å². The average molecular weight is 289 g/mol. The molecular weight excluding hydrogens is 275 g/mol. The molecule has 0 saturated heterocycles. The number of nitrogens with one attached hydrogen (secondary N) is 1. The summed E-state index contributed by atoms with van der Waals surface area (Å²) in [5.74, 6) is -2.41. The number of aliphatic carboxylic acids is 1. The Bertz CT molecular complexity index is 497. The van der Waals surface area contributed by atoms with E-state index >= 15 is 0 Å². The molecule has 20 heavy (non-hydrogen) atoms. The van der Waals surface area contributed by atoms with E-state index in [1.165, 1.54) is 26.0 Å². The van der Waals surface area contributed by atoms with Crippen LogP contribution < -0.4 is 5.32 Å². The number of carbonyl (C=O) groups is 2. The molecule has 0 unspecified atom stereocenters. The Morgan fingerprint density at radius 3 is 2.05 bits per heavy atom. The van der Waals surface area contributed by atoms with Gasteiger partial charge in [-0.25, -0.2) is 4.79 Å². The molecular formula is C13H14F3NO3. The highest BCUT2D eigenvalue weighted by molar-refractivity contribution is 5.83. The quantitative estimate of drug-likeness (QED) is 0.894. The van der Waals surface area contributed by atoms with Gasteiger partial charge in [-0.15, -0.1) is 0 Å². The normalized spacial score (nSPS) is 14.4. The van der Waals surface area contributed by atoms with Crippen LogP contribution in [-0.2, 0) is 15.8 Å². The van der Waals surface area contributed by atoms with Crippen molar-refractivity contribution in [3.05, 3.63) is 35.4 Å². The van der Waals surface area contributed by atoms with Gasteiger partial charge in [0.25, 0.3) is 0 Å². The Kier molecular flexibility index (Phi) is 4.75. The molecule has 0 heterocycles. The van der Waals surface area contributed by atoms with E-state index < -0.39 is 35.6 Å². The van der Waals surface area contributed by atoms with Crippen molar-refractivity contribution in [2.75, 3.05) is 0 Å². The van der Waals surface area contributed by atoms with Crippen LogP contribution in [-0.4, -0.2) is 23.0 Å². The van der Waals surface area contributed by atoms with Crippen molar-refractivity contribution < 1.29 is 27.9 Å². The van der Waals surface area contributed by atoms with Crippen LogP contribution >= 0.6 is 0 Å². The number of rotatable bonds is 4. The van der Waals surface area contributed by atoms with Crippen LogP contribution in [0.5, 0.6) is 0 Å². The summed E-state index contributed by atoms with van der Waals surface area (Å²) in [6.07, 6.45) is -4.44. The Morgan fingerprint density at radius 1 is 1.20 bits per heavy atom. The average Bonchev–Trinajstić information content (AvgIpc) is 2.33. The number of benzene rings is 1. The smallest absolute Gasteiger partial charge is 0.416 e. The van der Waals surface area contributed by atoms with Crippen molar-refractivity contribution in [1.82, 2.24) is 5.32 Å². The SMILES string of the molecule is CC(=O)N[C@H](C(=O)O)[C@H](C)c1ccc(C(F)(F)F)cc1. The highest BCUT2D eigenvalue weighted by atomic mass is 19.4. The number of carbonyl (C=O) groups excluding carboxylic acids is 1. The fourth-order valence-corrected chi connectivity index (χ4v) is 1.79. The summed E-state index contributed by atoms with van der Waals surface area (Å²) in [6.45, 7) is 2.70. The Balaban J connectivity index is 2.98. The molecule has 0 saturated carbocycles. The molecule has 0 bridgehead atoms. The summed E-state index contributed by atoms with van der Waals surface area (Å²) < 4.78 is 37.3. The van der Waals surface area contributed by atoms with Crippen LogP contribution in [0.4, 0.5) is 13.2 Å². The lowest BCUT2D eigenvalue weighted by molar-refractivity contribution is -0.142. The monoisotopic (exact) mass is 289 g/mol. The lowest BCUT2D eigenvalue weighted by atomic mass is 9.92. The van der Waals surface area contributed by atoms with Gasteiger partial charge in [-0.3, -0.25) is 4.79 Å². The fourth-order valence-electron chi connectivity index (χ4n) is 1.79. The number of carboxylic acid groups (broad SMARTS) is 1. The fraction of sp³-hybridized carbons (Fsp3) is 0.385. The first kappa shape index (κ1) is 16.0. The van der Waals surface area contributed by atoms with Crippen LogP contribution in [0.1, 0.15) is 30.9 Å². The van der Waals surface area contributed by atoms with Gasteiger partial charge in [-0.1, -0.05) is 19.1 Å². The highest BCUT2D eigenvalue weighted by Gasteiger charge is 2.31. The largest absolute Gasteiger partial charge is 0.480 e. The zero-order valence-corrected chi connectivity index (χ0v) is 10.9. The van der Waals surface area contributed by atoms with Gasteiger partial charge in [-0.2, -0.15) is 13.2 Å². The Labute approximate surface area is 113 Å². The van der Waals surface area contributed by atoms with Crippen LogP contribution in [0.3, 0.4) is 0 Å². The second-order valence-corrected chi connectivity index (χ2v) is 4.42. The molecule has 1 aromatic rings. The third-order valence-corrected chi connectivity index (χ3v) is 2.89. The summed E-state index contributed by atoms with van der Waals surface area (Å²) in [5, 5.41) is 11.3. The highest BCUT2D eigenvalue weighted by Crippen LogP contribution is 2.30. The van der Waals surface area contributed by atoms with Gasteiger partial charge in [0.15, 0.2) is 0 Å². The third-order valence-electron chi connectivity index (χ3n) is 2.89. The zero-order valence-electron chi connectivity index (χ0n) is 10.9. The summed E-state index contributed by atoms with van der Waals surface area (Å²) in [5.41, 5.74) is -0.404. The predicted octanol–water partition coefficient (Wildman–Crippen LogP) is 2.40. The number of alkyl halides is 3. The Hall–Kier alpha value is -2.05. The molecule has 0 radical (unpaired) electrons. The molecule has 0 aliphatic carbocycles. The summed E-state index contributed by atoms with van der Waals surface area (Å²) in [6, 6.07) is 3.01. The molecule has 0 aliphatic heterocycles. The van der Waals surface area contributed by atoms with Crippen molar-refractivity contribution in [2.24, 2.45) is 0 Å². The maximum absolute atomic E-state index is 12.4. The maximum Gasteiger partial charge on any atom is 0.416 e. The van der Waals surface area contributed by atoms with Crippen molar-refractivity contribution in [1.29, 1.82) is 0 Å². The first-order chi connectivity index (χ1) is 9.12. The molecule has 110 valence electrons. The van der Waals surface area contributed by atoms with E-state index in [4.69, 9.17) is 5.11 Å². The lowest BCUT2D eigenvalue weighted by Crippen LogP contribution is -2.43. The molecule has 2 N–H and O–H groups in total. The Morgan fingerprint density at radius 2 is 1.70 bits per heavy atom. The topological polar surface area (TPSA) is 66.4 Å². The second kappa shape index (κ2) is 5.94. The molecule has 0 aromatic heterocycles. The molecule has 2 atom stereocenters. The predicted molar refractivity (Wildman–Crippen MR) is 65.1 cm³/mol. The molecule has 1 amide bonds. The van der Waals surface area contributed by atoms with Gasteiger partial charge in [0.05, 0.1) is 5.56 Å². The number of hydrogen-bond acceptors (Lipinski definition) is 2. The van der Waals surface area contributed by atoms with Crippen LogP contribution in [0, 0.1) is 0 Å². The first-order valence-corrected chi connectivity index (χ1v) is 5.80. The summed E-state index contributed by atoms with van der Waals surface area (Å²) in [4.78, 5) is 22.0. The minimum Gasteiger partial charge on any atom is -0.480 e. The van der Waals surface area contributed by atoms with Crippen LogP contribution in [0.25, 0.3) is 0 Å². The number of carboxylic acids is 1. The van der Waals surface area contributed by atoms with E-state index in [2.05, 4.69) is 5.32 Å². The standard InChI is InChI=1S/C13H14F3NO3/c1-7(11(12(19)20)17-8(2)18)9-3-5-10(6-4-9)13(14,15)16/h3-7,11H,1-2H3,(H,17,18)(H,19,20)/t7-,11+/m1/s1. The minimum atomic E-state index is -4.44. The van der Waals surface area contributed by atoms with E-state index in [1.54, 1.807) is 0 Å².